The van der Waals surface area contributed by atoms with E-state index in [9.17, 15) is 0 Å². The van der Waals surface area contributed by atoms with Crippen molar-refractivity contribution in [2.24, 2.45) is 0 Å². The van der Waals surface area contributed by atoms with Gasteiger partial charge in [0.25, 0.3) is 0 Å². The molecule has 7 aromatic carbocycles. The molecule has 0 saturated carbocycles. The number of rotatable bonds is 4. The Morgan fingerprint density at radius 1 is 0.420 bits per heavy atom. The first-order valence-corrected chi connectivity index (χ1v) is 18.4. The van der Waals surface area contributed by atoms with Gasteiger partial charge in [-0.25, -0.2) is 0 Å². The molecule has 0 N–H and O–H groups in total. The number of fused-ring (bicyclic) bond motifs is 9. The zero-order chi connectivity index (χ0) is 33.8. The Hall–Kier alpha value is -5.44. The molecule has 240 valence electrons. The van der Waals surface area contributed by atoms with Gasteiger partial charge in [-0.2, -0.15) is 0 Å². The highest BCUT2D eigenvalue weighted by Gasteiger charge is 2.40. The van der Waals surface area contributed by atoms with Crippen LogP contribution in [-0.4, -0.2) is 0 Å². The summed E-state index contributed by atoms with van der Waals surface area (Å²) in [7, 11) is 0. The number of anilines is 3. The number of hydrogen-bond donors (Lipinski definition) is 0. The second kappa shape index (κ2) is 10.5. The third kappa shape index (κ3) is 4.06. The topological polar surface area (TPSA) is 3.24 Å². The highest BCUT2D eigenvalue weighted by molar-refractivity contribution is 7.25. The van der Waals surface area contributed by atoms with Gasteiger partial charge in [-0.05, 0) is 87.0 Å². The van der Waals surface area contributed by atoms with E-state index in [1.807, 2.05) is 11.3 Å². The maximum Gasteiger partial charge on any atom is 0.0543 e. The van der Waals surface area contributed by atoms with Crippen molar-refractivity contribution < 1.29 is 0 Å². The van der Waals surface area contributed by atoms with Gasteiger partial charge >= 0.3 is 0 Å². The van der Waals surface area contributed by atoms with Crippen molar-refractivity contribution in [2.45, 2.75) is 38.5 Å². The monoisotopic (exact) mass is 659 g/mol. The van der Waals surface area contributed by atoms with Crippen LogP contribution >= 0.6 is 11.3 Å². The largest absolute Gasteiger partial charge is 0.309 e. The van der Waals surface area contributed by atoms with Gasteiger partial charge in [0.05, 0.1) is 11.4 Å². The molecular weight excluding hydrogens is 623 g/mol. The van der Waals surface area contributed by atoms with Crippen molar-refractivity contribution in [2.75, 3.05) is 4.90 Å². The van der Waals surface area contributed by atoms with Gasteiger partial charge in [0.2, 0.25) is 0 Å². The highest BCUT2D eigenvalue weighted by atomic mass is 32.1. The molecule has 50 heavy (non-hydrogen) atoms. The Labute approximate surface area is 298 Å². The Morgan fingerprint density at radius 3 is 1.54 bits per heavy atom. The molecule has 2 aliphatic rings. The van der Waals surface area contributed by atoms with Crippen molar-refractivity contribution in [1.82, 2.24) is 0 Å². The molecule has 1 nitrogen and oxygen atoms in total. The molecule has 10 rings (SSSR count). The molecule has 0 spiro atoms. The normalized spacial score (nSPS) is 14.7. The fourth-order valence-corrected chi connectivity index (χ4v) is 10.0. The van der Waals surface area contributed by atoms with Crippen molar-refractivity contribution in [3.63, 3.8) is 0 Å². The minimum absolute atomic E-state index is 0.0881. The maximum absolute atomic E-state index is 2.54. The predicted molar refractivity (Wildman–Crippen MR) is 215 cm³/mol. The van der Waals surface area contributed by atoms with Crippen LogP contribution in [0.3, 0.4) is 0 Å². The van der Waals surface area contributed by atoms with Crippen LogP contribution in [0.5, 0.6) is 0 Å². The fourth-order valence-electron chi connectivity index (χ4n) is 8.96. The molecule has 0 saturated heterocycles. The van der Waals surface area contributed by atoms with Crippen LogP contribution in [0, 0.1) is 0 Å². The zero-order valence-corrected chi connectivity index (χ0v) is 29.6. The zero-order valence-electron chi connectivity index (χ0n) is 28.8. The van der Waals surface area contributed by atoms with Crippen LogP contribution in [-0.2, 0) is 10.8 Å². The molecule has 8 aromatic rings. The Morgan fingerprint density at radius 2 is 0.920 bits per heavy atom. The molecule has 2 aliphatic carbocycles. The standard InChI is InChI=1S/C48H37NS/c1-47(2)37-16-8-5-14-34(37)45-39(47)18-11-20-41(45)49(42-21-12-19-40-46(42)35-15-6-9-17-38(35)48(40,3)4)32-26-23-30(24-27-32)31-25-28-44-36(29-31)33-13-7-10-22-43(33)50-44/h5-29H,1-4H3. The van der Waals surface area contributed by atoms with E-state index in [2.05, 4.69) is 184 Å². The molecule has 0 aliphatic heterocycles. The highest BCUT2D eigenvalue weighted by Crippen LogP contribution is 2.58. The minimum Gasteiger partial charge on any atom is -0.309 e. The summed E-state index contributed by atoms with van der Waals surface area (Å²) in [4.78, 5) is 2.54. The lowest BCUT2D eigenvalue weighted by Gasteiger charge is -2.31. The van der Waals surface area contributed by atoms with Gasteiger partial charge in [0.15, 0.2) is 0 Å². The lowest BCUT2D eigenvalue weighted by atomic mass is 9.82. The number of hydrogen-bond acceptors (Lipinski definition) is 2. The van der Waals surface area contributed by atoms with E-state index in [1.165, 1.54) is 87.2 Å². The van der Waals surface area contributed by atoms with E-state index in [1.54, 1.807) is 0 Å². The van der Waals surface area contributed by atoms with E-state index < -0.39 is 0 Å². The summed E-state index contributed by atoms with van der Waals surface area (Å²) >= 11 is 1.87. The first-order chi connectivity index (χ1) is 24.3. The van der Waals surface area contributed by atoms with Gasteiger partial charge in [0.1, 0.15) is 0 Å². The summed E-state index contributed by atoms with van der Waals surface area (Å²) in [5, 5.41) is 2.66. The van der Waals surface area contributed by atoms with Crippen molar-refractivity contribution >= 4 is 48.6 Å². The number of nitrogens with zero attached hydrogens (tertiary/aromatic N) is 1. The van der Waals surface area contributed by atoms with Crippen LogP contribution in [0.1, 0.15) is 49.9 Å². The molecule has 2 heteroatoms. The first-order valence-electron chi connectivity index (χ1n) is 17.6. The smallest absolute Gasteiger partial charge is 0.0543 e. The van der Waals surface area contributed by atoms with Crippen molar-refractivity contribution in [1.29, 1.82) is 0 Å². The third-order valence-corrected chi connectivity index (χ3v) is 12.6. The molecule has 1 heterocycles. The SMILES string of the molecule is CC1(C)c2ccccc2-c2c(N(c3ccc(-c4ccc5sc6ccccc6c5c4)cc3)c3cccc4c3-c3ccccc3C4(C)C)cccc21. The van der Waals surface area contributed by atoms with E-state index in [4.69, 9.17) is 0 Å². The summed E-state index contributed by atoms with van der Waals surface area (Å²) in [6.45, 7) is 9.47. The third-order valence-electron chi connectivity index (χ3n) is 11.5. The molecule has 0 unspecified atom stereocenters. The second-order valence-electron chi connectivity index (χ2n) is 14.9. The lowest BCUT2D eigenvalue weighted by Crippen LogP contribution is -2.17. The predicted octanol–water partition coefficient (Wildman–Crippen LogP) is 13.8. The van der Waals surface area contributed by atoms with Crippen LogP contribution in [0.25, 0.3) is 53.6 Å². The van der Waals surface area contributed by atoms with Gasteiger partial charge in [0, 0.05) is 47.8 Å². The maximum atomic E-state index is 2.54. The Kier molecular flexibility index (Phi) is 6.21. The molecule has 1 aromatic heterocycles. The lowest BCUT2D eigenvalue weighted by molar-refractivity contribution is 0.660. The van der Waals surface area contributed by atoms with Crippen molar-refractivity contribution in [3.05, 3.63) is 174 Å². The molecule has 0 radical (unpaired) electrons. The average Bonchev–Trinajstić information content (AvgIpc) is 3.72. The average molecular weight is 660 g/mol. The second-order valence-corrected chi connectivity index (χ2v) is 16.0. The van der Waals surface area contributed by atoms with Gasteiger partial charge in [-0.3, -0.25) is 0 Å². The Bertz CT molecular complexity index is 2550. The molecule has 0 fully saturated rings. The summed E-state index contributed by atoms with van der Waals surface area (Å²) in [5.41, 5.74) is 16.7. The number of benzene rings is 7. The molecule has 0 amide bonds. The fraction of sp³-hybridized carbons (Fsp3) is 0.125. The van der Waals surface area contributed by atoms with Crippen LogP contribution in [0.4, 0.5) is 17.1 Å². The minimum atomic E-state index is -0.0881. The van der Waals surface area contributed by atoms with E-state index in [-0.39, 0.29) is 10.8 Å². The number of thiophene rings is 1. The molecule has 0 bridgehead atoms. The van der Waals surface area contributed by atoms with E-state index in [0.29, 0.717) is 0 Å². The quantitative estimate of drug-likeness (QED) is 0.182. The van der Waals surface area contributed by atoms with Gasteiger partial charge < -0.3 is 4.90 Å². The van der Waals surface area contributed by atoms with E-state index in [0.717, 1.165) is 5.69 Å². The molecular formula is C48H37NS. The molecule has 0 atom stereocenters. The van der Waals surface area contributed by atoms with Crippen LogP contribution < -0.4 is 4.90 Å². The van der Waals surface area contributed by atoms with E-state index >= 15 is 0 Å². The summed E-state index contributed by atoms with van der Waals surface area (Å²) in [6.07, 6.45) is 0. The summed E-state index contributed by atoms with van der Waals surface area (Å²) < 4.78 is 2.67. The summed E-state index contributed by atoms with van der Waals surface area (Å²) in [5.74, 6) is 0. The van der Waals surface area contributed by atoms with Gasteiger partial charge in [-0.15, -0.1) is 11.3 Å². The van der Waals surface area contributed by atoms with Crippen molar-refractivity contribution in [3.8, 4) is 33.4 Å². The van der Waals surface area contributed by atoms with Crippen LogP contribution in [0.2, 0.25) is 0 Å². The Balaban J connectivity index is 1.20. The summed E-state index contributed by atoms with van der Waals surface area (Å²) in [6, 6.07) is 56.7. The van der Waals surface area contributed by atoms with Gasteiger partial charge in [-0.1, -0.05) is 137 Å². The van der Waals surface area contributed by atoms with Crippen LogP contribution in [0.15, 0.2) is 152 Å². The first kappa shape index (κ1) is 29.5.